The molecule has 0 amide bonds. The zero-order chi connectivity index (χ0) is 11.7. The van der Waals surface area contributed by atoms with Gasteiger partial charge in [-0.3, -0.25) is 0 Å². The zero-order valence-electron chi connectivity index (χ0n) is 9.07. The molecule has 86 valence electrons. The molecule has 16 heavy (non-hydrogen) atoms. The topological polar surface area (TPSA) is 65.0 Å². The highest BCUT2D eigenvalue weighted by atomic mass is 16.7. The first kappa shape index (κ1) is 10.6. The normalized spacial score (nSPS) is 12.6. The molecule has 0 spiro atoms. The van der Waals surface area contributed by atoms with E-state index in [9.17, 15) is 4.79 Å². The van der Waals surface area contributed by atoms with Crippen LogP contribution >= 0.6 is 0 Å². The van der Waals surface area contributed by atoms with Crippen molar-refractivity contribution < 1.29 is 24.1 Å². The SMILES string of the molecule is CCc1cc2c(c(C(=O)O)c1OC)OCO2. The number of hydrogen-bond acceptors (Lipinski definition) is 4. The summed E-state index contributed by atoms with van der Waals surface area (Å²) in [5.41, 5.74) is 0.832. The Balaban J connectivity index is 2.70. The van der Waals surface area contributed by atoms with Gasteiger partial charge in [-0.15, -0.1) is 0 Å². The molecule has 1 aliphatic heterocycles. The van der Waals surface area contributed by atoms with Crippen LogP contribution in [0.3, 0.4) is 0 Å². The van der Waals surface area contributed by atoms with Gasteiger partial charge >= 0.3 is 5.97 Å². The minimum Gasteiger partial charge on any atom is -0.495 e. The summed E-state index contributed by atoms with van der Waals surface area (Å²) in [6.07, 6.45) is 0.667. The highest BCUT2D eigenvalue weighted by Crippen LogP contribution is 2.43. The highest BCUT2D eigenvalue weighted by Gasteiger charge is 2.28. The van der Waals surface area contributed by atoms with Gasteiger partial charge in [-0.05, 0) is 18.1 Å². The summed E-state index contributed by atoms with van der Waals surface area (Å²) in [7, 11) is 1.45. The predicted molar refractivity (Wildman–Crippen MR) is 55.5 cm³/mol. The molecule has 0 radical (unpaired) electrons. The molecular formula is C11H12O5. The monoisotopic (exact) mass is 224 g/mol. The van der Waals surface area contributed by atoms with E-state index in [2.05, 4.69) is 0 Å². The third-order valence-electron chi connectivity index (χ3n) is 2.49. The molecule has 0 fully saturated rings. The Kier molecular flexibility index (Phi) is 2.60. The van der Waals surface area contributed by atoms with Crippen molar-refractivity contribution in [3.8, 4) is 17.2 Å². The van der Waals surface area contributed by atoms with Gasteiger partial charge in [0.05, 0.1) is 7.11 Å². The van der Waals surface area contributed by atoms with E-state index in [4.69, 9.17) is 19.3 Å². The average Bonchev–Trinajstić information content (AvgIpc) is 2.73. The largest absolute Gasteiger partial charge is 0.495 e. The molecule has 0 saturated heterocycles. The van der Waals surface area contributed by atoms with Crippen molar-refractivity contribution in [2.24, 2.45) is 0 Å². The number of carboxylic acids is 1. The number of ether oxygens (including phenoxy) is 3. The fraction of sp³-hybridized carbons (Fsp3) is 0.364. The highest BCUT2D eigenvalue weighted by molar-refractivity contribution is 5.96. The first-order valence-corrected chi connectivity index (χ1v) is 4.91. The van der Waals surface area contributed by atoms with Gasteiger partial charge in [0.25, 0.3) is 0 Å². The van der Waals surface area contributed by atoms with Crippen molar-refractivity contribution in [2.45, 2.75) is 13.3 Å². The molecule has 1 aromatic carbocycles. The van der Waals surface area contributed by atoms with Gasteiger partial charge in [-0.1, -0.05) is 6.92 Å². The van der Waals surface area contributed by atoms with Gasteiger partial charge in [-0.2, -0.15) is 0 Å². The molecule has 0 bridgehead atoms. The molecule has 0 aromatic heterocycles. The average molecular weight is 224 g/mol. The summed E-state index contributed by atoms with van der Waals surface area (Å²) >= 11 is 0. The Morgan fingerprint density at radius 3 is 2.88 bits per heavy atom. The van der Waals surface area contributed by atoms with Crippen LogP contribution in [0, 0.1) is 0 Å². The number of benzene rings is 1. The predicted octanol–water partition coefficient (Wildman–Crippen LogP) is 1.68. The van der Waals surface area contributed by atoms with Gasteiger partial charge in [-0.25, -0.2) is 4.79 Å². The molecule has 1 heterocycles. The van der Waals surface area contributed by atoms with Crippen molar-refractivity contribution in [3.63, 3.8) is 0 Å². The quantitative estimate of drug-likeness (QED) is 0.846. The molecule has 1 aliphatic rings. The van der Waals surface area contributed by atoms with Gasteiger partial charge in [0.1, 0.15) is 11.3 Å². The van der Waals surface area contributed by atoms with Crippen molar-refractivity contribution in [2.75, 3.05) is 13.9 Å². The maximum atomic E-state index is 11.2. The second-order valence-electron chi connectivity index (χ2n) is 3.34. The second kappa shape index (κ2) is 3.92. The lowest BCUT2D eigenvalue weighted by Gasteiger charge is -2.12. The van der Waals surface area contributed by atoms with E-state index in [1.807, 2.05) is 6.92 Å². The first-order valence-electron chi connectivity index (χ1n) is 4.91. The zero-order valence-corrected chi connectivity index (χ0v) is 9.07. The molecule has 0 unspecified atom stereocenters. The van der Waals surface area contributed by atoms with Crippen molar-refractivity contribution in [3.05, 3.63) is 17.2 Å². The Morgan fingerprint density at radius 1 is 1.56 bits per heavy atom. The number of aryl methyl sites for hydroxylation is 1. The van der Waals surface area contributed by atoms with Crippen LogP contribution in [0.1, 0.15) is 22.8 Å². The maximum Gasteiger partial charge on any atom is 0.343 e. The molecule has 0 aliphatic carbocycles. The number of methoxy groups -OCH3 is 1. The fourth-order valence-corrected chi connectivity index (χ4v) is 1.77. The van der Waals surface area contributed by atoms with Crippen molar-refractivity contribution >= 4 is 5.97 Å². The maximum absolute atomic E-state index is 11.2. The summed E-state index contributed by atoms with van der Waals surface area (Å²) in [4.78, 5) is 11.2. The Morgan fingerprint density at radius 2 is 2.31 bits per heavy atom. The summed E-state index contributed by atoms with van der Waals surface area (Å²) in [5, 5.41) is 9.17. The van der Waals surface area contributed by atoms with E-state index in [-0.39, 0.29) is 18.1 Å². The third-order valence-corrected chi connectivity index (χ3v) is 2.49. The number of rotatable bonds is 3. The number of carboxylic acid groups (broad SMARTS) is 1. The smallest absolute Gasteiger partial charge is 0.343 e. The fourth-order valence-electron chi connectivity index (χ4n) is 1.77. The van der Waals surface area contributed by atoms with Crippen LogP contribution in [0.4, 0.5) is 0 Å². The van der Waals surface area contributed by atoms with E-state index >= 15 is 0 Å². The molecule has 5 nitrogen and oxygen atoms in total. The van der Waals surface area contributed by atoms with Crippen LogP contribution in [0.15, 0.2) is 6.07 Å². The third kappa shape index (κ3) is 1.44. The van der Waals surface area contributed by atoms with Gasteiger partial charge < -0.3 is 19.3 Å². The van der Waals surface area contributed by atoms with Crippen LogP contribution in [-0.4, -0.2) is 25.0 Å². The van der Waals surface area contributed by atoms with Crippen LogP contribution in [0.5, 0.6) is 17.2 Å². The number of aromatic carboxylic acids is 1. The van der Waals surface area contributed by atoms with E-state index in [1.54, 1.807) is 6.07 Å². The van der Waals surface area contributed by atoms with Crippen molar-refractivity contribution in [1.82, 2.24) is 0 Å². The summed E-state index contributed by atoms with van der Waals surface area (Å²) in [6, 6.07) is 1.76. The van der Waals surface area contributed by atoms with Crippen molar-refractivity contribution in [1.29, 1.82) is 0 Å². The molecule has 1 aromatic rings. The summed E-state index contributed by atoms with van der Waals surface area (Å²) < 4.78 is 15.5. The summed E-state index contributed by atoms with van der Waals surface area (Å²) in [6.45, 7) is 1.97. The first-order chi connectivity index (χ1) is 7.69. The minimum atomic E-state index is -1.08. The summed E-state index contributed by atoms with van der Waals surface area (Å²) in [5.74, 6) is -0.00949. The van der Waals surface area contributed by atoms with Gasteiger partial charge in [0.2, 0.25) is 6.79 Å². The lowest BCUT2D eigenvalue weighted by molar-refractivity contribution is 0.0688. The molecule has 1 N–H and O–H groups in total. The lowest BCUT2D eigenvalue weighted by Crippen LogP contribution is -2.05. The number of carbonyl (C=O) groups is 1. The Hall–Kier alpha value is -1.91. The molecule has 5 heteroatoms. The second-order valence-corrected chi connectivity index (χ2v) is 3.34. The van der Waals surface area contributed by atoms with E-state index in [0.717, 1.165) is 5.56 Å². The molecule has 0 saturated carbocycles. The molecule has 2 rings (SSSR count). The van der Waals surface area contributed by atoms with Crippen LogP contribution in [0.25, 0.3) is 0 Å². The Labute approximate surface area is 92.5 Å². The van der Waals surface area contributed by atoms with E-state index in [0.29, 0.717) is 17.9 Å². The number of fused-ring (bicyclic) bond motifs is 1. The van der Waals surface area contributed by atoms with Gasteiger partial charge in [0, 0.05) is 0 Å². The van der Waals surface area contributed by atoms with E-state index < -0.39 is 5.97 Å². The van der Waals surface area contributed by atoms with Gasteiger partial charge in [0.15, 0.2) is 11.5 Å². The Bertz CT molecular complexity index is 438. The lowest BCUT2D eigenvalue weighted by atomic mass is 10.0. The molecular weight excluding hydrogens is 212 g/mol. The van der Waals surface area contributed by atoms with E-state index in [1.165, 1.54) is 7.11 Å². The minimum absolute atomic E-state index is 0.0364. The number of hydrogen-bond donors (Lipinski definition) is 1. The van der Waals surface area contributed by atoms with Crippen LogP contribution < -0.4 is 14.2 Å². The van der Waals surface area contributed by atoms with Crippen LogP contribution in [-0.2, 0) is 6.42 Å². The standard InChI is InChI=1S/C11H12O5/c1-3-6-4-7-10(16-5-15-7)8(11(12)13)9(6)14-2/h4H,3,5H2,1-2H3,(H,12,13). The van der Waals surface area contributed by atoms with Crippen LogP contribution in [0.2, 0.25) is 0 Å². The molecule has 0 atom stereocenters.